The summed E-state index contributed by atoms with van der Waals surface area (Å²) in [5, 5.41) is 0. The van der Waals surface area contributed by atoms with Crippen LogP contribution in [0.1, 0.15) is 65.2 Å². The largest absolute Gasteiger partial charge is 0.361 e. The van der Waals surface area contributed by atoms with Crippen LogP contribution in [0.15, 0.2) is 0 Å². The van der Waals surface area contributed by atoms with E-state index in [9.17, 15) is 4.79 Å². The fourth-order valence-electron chi connectivity index (χ4n) is 9.43. The zero-order valence-electron chi connectivity index (χ0n) is 15.9. The van der Waals surface area contributed by atoms with E-state index in [1.165, 1.54) is 57.9 Å². The van der Waals surface area contributed by atoms with Crippen molar-refractivity contribution in [1.82, 2.24) is 4.90 Å². The van der Waals surface area contributed by atoms with E-state index in [1.807, 2.05) is 0 Å². The molecular formula is C22H33NO2. The Hall–Kier alpha value is -0.410. The van der Waals surface area contributed by atoms with Crippen molar-refractivity contribution in [2.45, 2.75) is 71.4 Å². The Labute approximate surface area is 151 Å². The molecule has 2 aliphatic heterocycles. The molecule has 8 atom stereocenters. The van der Waals surface area contributed by atoms with Gasteiger partial charge in [0, 0.05) is 29.8 Å². The highest BCUT2D eigenvalue weighted by Crippen LogP contribution is 2.74. The van der Waals surface area contributed by atoms with E-state index < -0.39 is 0 Å². The van der Waals surface area contributed by atoms with Crippen LogP contribution in [0.4, 0.5) is 0 Å². The van der Waals surface area contributed by atoms with Crippen LogP contribution in [-0.2, 0) is 9.53 Å². The summed E-state index contributed by atoms with van der Waals surface area (Å²) in [6, 6.07) is 0. The molecule has 1 spiro atoms. The van der Waals surface area contributed by atoms with E-state index in [1.54, 1.807) is 0 Å². The van der Waals surface area contributed by atoms with Crippen molar-refractivity contribution in [3.8, 4) is 0 Å². The van der Waals surface area contributed by atoms with Gasteiger partial charge in [-0.1, -0.05) is 20.3 Å². The lowest BCUT2D eigenvalue weighted by atomic mass is 9.38. The fourth-order valence-corrected chi connectivity index (χ4v) is 9.43. The smallest absolute Gasteiger partial charge is 0.142 e. The summed E-state index contributed by atoms with van der Waals surface area (Å²) in [5.74, 6) is 3.02. The summed E-state index contributed by atoms with van der Waals surface area (Å²) >= 11 is 0. The maximum absolute atomic E-state index is 13.5. The number of hydrogen-bond acceptors (Lipinski definition) is 3. The first kappa shape index (κ1) is 15.6. The lowest BCUT2D eigenvalue weighted by molar-refractivity contribution is -0.265. The van der Waals surface area contributed by atoms with Crippen molar-refractivity contribution in [1.29, 1.82) is 0 Å². The first-order valence-electron chi connectivity index (χ1n) is 10.9. The second-order valence-corrected chi connectivity index (χ2v) is 10.8. The molecule has 6 aliphatic rings. The van der Waals surface area contributed by atoms with E-state index in [0.717, 1.165) is 19.1 Å². The van der Waals surface area contributed by atoms with Gasteiger partial charge in [-0.15, -0.1) is 0 Å². The second-order valence-electron chi connectivity index (χ2n) is 10.8. The van der Waals surface area contributed by atoms with Crippen LogP contribution in [0.3, 0.4) is 0 Å². The number of nitrogens with zero attached hydrogens (tertiary/aromatic N) is 1. The highest BCUT2D eigenvalue weighted by molar-refractivity contribution is 5.90. The van der Waals surface area contributed by atoms with Gasteiger partial charge in [0.1, 0.15) is 12.0 Å². The Morgan fingerprint density at radius 3 is 2.88 bits per heavy atom. The van der Waals surface area contributed by atoms with Crippen LogP contribution in [0.25, 0.3) is 0 Å². The number of rotatable bonds is 0. The lowest BCUT2D eigenvalue weighted by Gasteiger charge is -2.70. The molecule has 3 heteroatoms. The van der Waals surface area contributed by atoms with E-state index >= 15 is 0 Å². The average Bonchev–Trinajstić information content (AvgIpc) is 3.12. The number of fused-ring (bicyclic) bond motifs is 2. The highest BCUT2D eigenvalue weighted by Gasteiger charge is 2.73. The third kappa shape index (κ3) is 1.61. The second kappa shape index (κ2) is 4.70. The molecule has 0 unspecified atom stereocenters. The number of hydrogen-bond donors (Lipinski definition) is 0. The minimum atomic E-state index is 0.0199. The van der Waals surface area contributed by atoms with Crippen LogP contribution >= 0.6 is 0 Å². The fraction of sp³-hybridized carbons (Fsp3) is 0.955. The van der Waals surface area contributed by atoms with Gasteiger partial charge in [0.25, 0.3) is 0 Å². The number of carbonyl (C=O) groups excluding carboxylic acids is 1. The molecule has 0 N–H and O–H groups in total. The predicted molar refractivity (Wildman–Crippen MR) is 95.9 cm³/mol. The molecule has 2 heterocycles. The molecule has 6 rings (SSSR count). The SMILES string of the molecule is C[C@H]1C(=O)[C@@]23CC[C@@H]4[C@@]5(C)CCC[C@@]4([C@@H]4OCCN4C5)[C@@H]2CC[C@H]1C3. The van der Waals surface area contributed by atoms with Gasteiger partial charge >= 0.3 is 0 Å². The van der Waals surface area contributed by atoms with Crippen LogP contribution in [0.5, 0.6) is 0 Å². The minimum Gasteiger partial charge on any atom is -0.361 e. The van der Waals surface area contributed by atoms with Crippen molar-refractivity contribution in [3.63, 3.8) is 0 Å². The van der Waals surface area contributed by atoms with E-state index in [-0.39, 0.29) is 10.8 Å². The molecule has 0 aromatic carbocycles. The van der Waals surface area contributed by atoms with Crippen molar-refractivity contribution in [2.24, 2.45) is 39.9 Å². The average molecular weight is 344 g/mol. The molecular weight excluding hydrogens is 310 g/mol. The van der Waals surface area contributed by atoms with Crippen LogP contribution < -0.4 is 0 Å². The molecule has 0 aromatic rings. The summed E-state index contributed by atoms with van der Waals surface area (Å²) in [4.78, 5) is 16.2. The third-order valence-corrected chi connectivity index (χ3v) is 10.1. The summed E-state index contributed by atoms with van der Waals surface area (Å²) < 4.78 is 6.48. The number of carbonyl (C=O) groups is 1. The Kier molecular flexibility index (Phi) is 2.94. The molecule has 25 heavy (non-hydrogen) atoms. The summed E-state index contributed by atoms with van der Waals surface area (Å²) in [6.45, 7) is 8.06. The van der Waals surface area contributed by atoms with Crippen molar-refractivity contribution in [3.05, 3.63) is 0 Å². The molecule has 0 amide bonds. The van der Waals surface area contributed by atoms with Gasteiger partial charge in [0.15, 0.2) is 0 Å². The molecule has 4 saturated carbocycles. The molecule has 4 bridgehead atoms. The standard InChI is InChI=1S/C22H33NO2/c1-14-15-4-5-17-21(12-15,18(14)24)9-6-16-20(2)7-3-8-22(16,17)19-23(13-20)10-11-25-19/h14-17,19H,3-13H2,1-2H3/t14-,15+,16-,17-,19+,20+,21-,22+/m1/s1. The van der Waals surface area contributed by atoms with Crippen LogP contribution in [0, 0.1) is 39.9 Å². The van der Waals surface area contributed by atoms with Crippen LogP contribution in [0.2, 0.25) is 0 Å². The number of ether oxygens (including phenoxy) is 1. The lowest BCUT2D eigenvalue weighted by Crippen LogP contribution is -2.71. The van der Waals surface area contributed by atoms with Gasteiger partial charge in [-0.25, -0.2) is 0 Å². The zero-order chi connectivity index (χ0) is 17.0. The van der Waals surface area contributed by atoms with Gasteiger partial charge in [0.2, 0.25) is 0 Å². The summed E-state index contributed by atoms with van der Waals surface area (Å²) in [5.41, 5.74) is 0.741. The number of Topliss-reactive ketones (excluding diaryl/α,β-unsaturated/α-hetero) is 1. The molecule has 4 aliphatic carbocycles. The van der Waals surface area contributed by atoms with E-state index in [4.69, 9.17) is 4.74 Å². The molecule has 6 fully saturated rings. The predicted octanol–water partition coefficient (Wildman–Crippen LogP) is 3.87. The van der Waals surface area contributed by atoms with Gasteiger partial charge in [0.05, 0.1) is 6.61 Å². The van der Waals surface area contributed by atoms with Gasteiger partial charge in [-0.3, -0.25) is 9.69 Å². The van der Waals surface area contributed by atoms with E-state index in [0.29, 0.717) is 35.2 Å². The molecule has 0 aromatic heterocycles. The van der Waals surface area contributed by atoms with E-state index in [2.05, 4.69) is 18.7 Å². The Morgan fingerprint density at radius 1 is 1.12 bits per heavy atom. The van der Waals surface area contributed by atoms with Gasteiger partial charge in [-0.2, -0.15) is 0 Å². The molecule has 0 radical (unpaired) electrons. The van der Waals surface area contributed by atoms with Gasteiger partial charge in [-0.05, 0) is 68.1 Å². The molecule has 138 valence electrons. The zero-order valence-corrected chi connectivity index (χ0v) is 15.9. The third-order valence-electron chi connectivity index (χ3n) is 10.1. The Balaban J connectivity index is 1.53. The highest BCUT2D eigenvalue weighted by atomic mass is 16.5. The van der Waals surface area contributed by atoms with Crippen molar-refractivity contribution >= 4 is 5.78 Å². The van der Waals surface area contributed by atoms with Crippen molar-refractivity contribution < 1.29 is 9.53 Å². The topological polar surface area (TPSA) is 29.5 Å². The number of piperidine rings is 1. The Morgan fingerprint density at radius 2 is 2.00 bits per heavy atom. The molecule has 2 saturated heterocycles. The monoisotopic (exact) mass is 343 g/mol. The summed E-state index contributed by atoms with van der Waals surface area (Å²) in [7, 11) is 0. The normalized spacial score (nSPS) is 60.1. The molecule has 3 nitrogen and oxygen atoms in total. The Bertz CT molecular complexity index is 634. The van der Waals surface area contributed by atoms with Gasteiger partial charge < -0.3 is 4.74 Å². The maximum atomic E-state index is 13.5. The number of ketones is 1. The maximum Gasteiger partial charge on any atom is 0.142 e. The minimum absolute atomic E-state index is 0.0199. The first-order chi connectivity index (χ1) is 12.0. The first-order valence-corrected chi connectivity index (χ1v) is 10.9. The van der Waals surface area contributed by atoms with Crippen molar-refractivity contribution in [2.75, 3.05) is 19.7 Å². The van der Waals surface area contributed by atoms with Crippen LogP contribution in [-0.4, -0.2) is 36.6 Å². The summed E-state index contributed by atoms with van der Waals surface area (Å²) in [6.07, 6.45) is 10.6. The quantitative estimate of drug-likeness (QED) is 0.669.